The minimum Gasteiger partial charge on any atom is -0.462 e. The summed E-state index contributed by atoms with van der Waals surface area (Å²) in [6.45, 7) is 4.33. The molecule has 2 fully saturated rings. The highest BCUT2D eigenvalue weighted by molar-refractivity contribution is 5.74. The number of carbonyl (C=O) groups excluding carboxylic acids is 1. The fourth-order valence-electron chi connectivity index (χ4n) is 5.22. The van der Waals surface area contributed by atoms with Gasteiger partial charge in [0.1, 0.15) is 29.3 Å². The molecule has 40 heavy (non-hydrogen) atoms. The van der Waals surface area contributed by atoms with E-state index in [4.69, 9.17) is 4.74 Å². The summed E-state index contributed by atoms with van der Waals surface area (Å²) in [6.07, 6.45) is 8.63. The molecule has 0 bridgehead atoms. The molecule has 0 unspecified atom stereocenters. The van der Waals surface area contributed by atoms with E-state index in [-0.39, 0.29) is 18.0 Å². The molecular weight excluding hydrogens is 502 g/mol. The van der Waals surface area contributed by atoms with Crippen molar-refractivity contribution in [2.75, 3.05) is 18.4 Å². The van der Waals surface area contributed by atoms with Crippen molar-refractivity contribution in [1.82, 2.24) is 29.8 Å². The summed E-state index contributed by atoms with van der Waals surface area (Å²) in [4.78, 5) is 37.2. The Labute approximate surface area is 234 Å². The quantitative estimate of drug-likeness (QED) is 0.300. The van der Waals surface area contributed by atoms with Crippen molar-refractivity contribution in [1.29, 1.82) is 0 Å². The molecule has 1 N–H and O–H groups in total. The number of pyridine rings is 1. The first kappa shape index (κ1) is 26.0. The van der Waals surface area contributed by atoms with E-state index in [2.05, 4.69) is 59.4 Å². The van der Waals surface area contributed by atoms with E-state index < -0.39 is 0 Å². The van der Waals surface area contributed by atoms with Crippen LogP contribution in [0.5, 0.6) is 0 Å². The molecule has 9 heteroatoms. The third-order valence-corrected chi connectivity index (χ3v) is 7.40. The third kappa shape index (κ3) is 6.48. The monoisotopic (exact) mass is 535 g/mol. The minimum absolute atomic E-state index is 0.0151. The number of hydrogen-bond donors (Lipinski definition) is 1. The number of ether oxygens (including phenoxy) is 1. The SMILES string of the molecule is Cc1cccc(-c2nccc(Nc3ccnc(Cc4ccc(CN5CC(C(=O)OC6CCCC6)C5)cc4)n3)n2)n1. The number of benzene rings is 1. The fourth-order valence-corrected chi connectivity index (χ4v) is 5.22. The molecule has 0 radical (unpaired) electrons. The van der Waals surface area contributed by atoms with E-state index in [0.29, 0.717) is 23.9 Å². The zero-order valence-corrected chi connectivity index (χ0v) is 22.7. The van der Waals surface area contributed by atoms with Gasteiger partial charge in [-0.3, -0.25) is 9.69 Å². The number of aromatic nitrogens is 5. The normalized spacial score (nSPS) is 16.0. The lowest BCUT2D eigenvalue weighted by molar-refractivity contribution is -0.160. The van der Waals surface area contributed by atoms with Crippen molar-refractivity contribution >= 4 is 17.6 Å². The van der Waals surface area contributed by atoms with Gasteiger partial charge in [-0.2, -0.15) is 0 Å². The van der Waals surface area contributed by atoms with Crippen LogP contribution in [0.1, 0.15) is 48.3 Å². The number of rotatable bonds is 9. The predicted molar refractivity (Wildman–Crippen MR) is 152 cm³/mol. The first-order valence-electron chi connectivity index (χ1n) is 13.9. The van der Waals surface area contributed by atoms with Gasteiger partial charge in [-0.25, -0.2) is 24.9 Å². The van der Waals surface area contributed by atoms with Gasteiger partial charge in [0.15, 0.2) is 5.82 Å². The molecule has 1 saturated heterocycles. The Morgan fingerprint density at radius 3 is 2.40 bits per heavy atom. The smallest absolute Gasteiger partial charge is 0.311 e. The predicted octanol–water partition coefficient (Wildman–Crippen LogP) is 4.89. The lowest BCUT2D eigenvalue weighted by Gasteiger charge is -2.38. The number of carbonyl (C=O) groups is 1. The molecule has 1 aliphatic heterocycles. The van der Waals surface area contributed by atoms with Crippen LogP contribution in [0.25, 0.3) is 11.5 Å². The van der Waals surface area contributed by atoms with Crippen LogP contribution < -0.4 is 5.32 Å². The van der Waals surface area contributed by atoms with Crippen LogP contribution in [-0.2, 0) is 22.5 Å². The summed E-state index contributed by atoms with van der Waals surface area (Å²) in [5, 5.41) is 3.26. The maximum atomic E-state index is 12.3. The molecule has 3 aromatic heterocycles. The second kappa shape index (κ2) is 11.9. The van der Waals surface area contributed by atoms with Gasteiger partial charge in [-0.05, 0) is 68.0 Å². The Kier molecular flexibility index (Phi) is 7.72. The summed E-state index contributed by atoms with van der Waals surface area (Å²) in [6, 6.07) is 17.9. The van der Waals surface area contributed by atoms with E-state index in [1.54, 1.807) is 18.5 Å². The first-order valence-corrected chi connectivity index (χ1v) is 13.9. The number of nitrogens with one attached hydrogen (secondary N) is 1. The van der Waals surface area contributed by atoms with Gasteiger partial charge >= 0.3 is 5.97 Å². The molecule has 1 aliphatic carbocycles. The Morgan fingerprint density at radius 2 is 1.62 bits per heavy atom. The number of anilines is 2. The maximum absolute atomic E-state index is 12.3. The zero-order valence-electron chi connectivity index (χ0n) is 22.7. The van der Waals surface area contributed by atoms with Gasteiger partial charge in [0.2, 0.25) is 0 Å². The van der Waals surface area contributed by atoms with E-state index in [0.717, 1.165) is 55.3 Å². The number of nitrogens with zero attached hydrogens (tertiary/aromatic N) is 6. The summed E-state index contributed by atoms with van der Waals surface area (Å²) < 4.78 is 5.66. The summed E-state index contributed by atoms with van der Waals surface area (Å²) >= 11 is 0. The lowest BCUT2D eigenvalue weighted by atomic mass is 9.99. The van der Waals surface area contributed by atoms with Crippen LogP contribution in [0.3, 0.4) is 0 Å². The highest BCUT2D eigenvalue weighted by Gasteiger charge is 2.35. The molecule has 4 heterocycles. The molecule has 6 rings (SSSR count). The highest BCUT2D eigenvalue weighted by Crippen LogP contribution is 2.26. The van der Waals surface area contributed by atoms with Crippen molar-refractivity contribution in [3.8, 4) is 11.5 Å². The molecular formula is C31H33N7O2. The van der Waals surface area contributed by atoms with Crippen LogP contribution >= 0.6 is 0 Å². The van der Waals surface area contributed by atoms with Crippen LogP contribution in [0, 0.1) is 12.8 Å². The van der Waals surface area contributed by atoms with E-state index in [1.807, 2.05) is 31.2 Å². The maximum Gasteiger partial charge on any atom is 0.311 e. The van der Waals surface area contributed by atoms with E-state index >= 15 is 0 Å². The zero-order chi connectivity index (χ0) is 27.3. The fraction of sp³-hybridized carbons (Fsp3) is 0.355. The molecule has 0 atom stereocenters. The first-order chi connectivity index (χ1) is 19.6. The third-order valence-electron chi connectivity index (χ3n) is 7.40. The van der Waals surface area contributed by atoms with Crippen molar-refractivity contribution in [3.63, 3.8) is 0 Å². The lowest BCUT2D eigenvalue weighted by Crippen LogP contribution is -2.50. The Bertz CT molecular complexity index is 1460. The minimum atomic E-state index is -0.0151. The molecule has 1 aromatic carbocycles. The van der Waals surface area contributed by atoms with Gasteiger partial charge in [-0.15, -0.1) is 0 Å². The van der Waals surface area contributed by atoms with Gasteiger partial charge in [-0.1, -0.05) is 30.3 Å². The standard InChI is InChI=1S/C31H33N7O2/c1-21-5-4-8-26(34-21)30-33-16-14-28(37-30)35-27-13-15-32-29(36-27)17-22-9-11-23(12-10-22)18-38-19-24(20-38)31(39)40-25-6-2-3-7-25/h4-5,8-16,24-25H,2-3,6-7,17-20H2,1H3,(H,32,33,35,36,37). The van der Waals surface area contributed by atoms with E-state index in [1.165, 1.54) is 18.4 Å². The van der Waals surface area contributed by atoms with Gasteiger partial charge < -0.3 is 10.1 Å². The topological polar surface area (TPSA) is 106 Å². The van der Waals surface area contributed by atoms with Crippen LogP contribution in [0.2, 0.25) is 0 Å². The Balaban J connectivity index is 1.01. The molecule has 9 nitrogen and oxygen atoms in total. The summed E-state index contributed by atoms with van der Waals surface area (Å²) in [5.74, 6) is 2.59. The molecule has 204 valence electrons. The van der Waals surface area contributed by atoms with Gasteiger partial charge in [0, 0.05) is 44.1 Å². The molecule has 4 aromatic rings. The number of aryl methyl sites for hydroxylation is 1. The van der Waals surface area contributed by atoms with Crippen LogP contribution in [0.4, 0.5) is 11.6 Å². The van der Waals surface area contributed by atoms with Crippen LogP contribution in [-0.4, -0.2) is 55.0 Å². The highest BCUT2D eigenvalue weighted by atomic mass is 16.5. The van der Waals surface area contributed by atoms with Crippen molar-refractivity contribution in [2.24, 2.45) is 5.92 Å². The number of likely N-dealkylation sites (tertiary alicyclic amines) is 1. The van der Waals surface area contributed by atoms with Crippen molar-refractivity contribution < 1.29 is 9.53 Å². The average Bonchev–Trinajstić information content (AvgIpc) is 3.45. The van der Waals surface area contributed by atoms with Gasteiger partial charge in [0.25, 0.3) is 0 Å². The molecule has 2 aliphatic rings. The average molecular weight is 536 g/mol. The summed E-state index contributed by atoms with van der Waals surface area (Å²) in [7, 11) is 0. The van der Waals surface area contributed by atoms with Crippen LogP contribution in [0.15, 0.2) is 67.0 Å². The Morgan fingerprint density at radius 1 is 0.900 bits per heavy atom. The molecule has 0 amide bonds. The molecule has 0 spiro atoms. The largest absolute Gasteiger partial charge is 0.462 e. The Hall–Kier alpha value is -4.24. The second-order valence-corrected chi connectivity index (χ2v) is 10.6. The number of esters is 1. The van der Waals surface area contributed by atoms with E-state index in [9.17, 15) is 4.79 Å². The second-order valence-electron chi connectivity index (χ2n) is 10.6. The van der Waals surface area contributed by atoms with Crippen molar-refractivity contribution in [2.45, 2.75) is 51.7 Å². The van der Waals surface area contributed by atoms with Gasteiger partial charge in [0.05, 0.1) is 5.92 Å². The summed E-state index contributed by atoms with van der Waals surface area (Å²) in [5.41, 5.74) is 4.01. The molecule has 1 saturated carbocycles. The van der Waals surface area contributed by atoms with Crippen molar-refractivity contribution in [3.05, 3.63) is 89.6 Å². The number of hydrogen-bond acceptors (Lipinski definition) is 9.